The van der Waals surface area contributed by atoms with Gasteiger partial charge in [0.15, 0.2) is 5.76 Å². The molecule has 0 saturated heterocycles. The highest BCUT2D eigenvalue weighted by Crippen LogP contribution is 2.40. The molecule has 3 aromatic heterocycles. The van der Waals surface area contributed by atoms with Crippen LogP contribution < -0.4 is 5.32 Å². The minimum absolute atomic E-state index is 0.0939. The van der Waals surface area contributed by atoms with Crippen molar-refractivity contribution in [3.05, 3.63) is 40.4 Å². The van der Waals surface area contributed by atoms with Crippen molar-refractivity contribution in [1.29, 1.82) is 0 Å². The second kappa shape index (κ2) is 8.05. The molecule has 3 heterocycles. The monoisotopic (exact) mass is 415 g/mol. The van der Waals surface area contributed by atoms with E-state index in [1.807, 2.05) is 0 Å². The summed E-state index contributed by atoms with van der Waals surface area (Å²) in [5.74, 6) is 1.59. The van der Waals surface area contributed by atoms with Crippen LogP contribution in [0, 0.1) is 5.92 Å². The van der Waals surface area contributed by atoms with Gasteiger partial charge in [-0.3, -0.25) is 9.59 Å². The van der Waals surface area contributed by atoms with Crippen molar-refractivity contribution in [2.24, 2.45) is 5.92 Å². The summed E-state index contributed by atoms with van der Waals surface area (Å²) >= 11 is 3.19. The average molecular weight is 416 g/mol. The van der Waals surface area contributed by atoms with Gasteiger partial charge in [-0.05, 0) is 42.9 Å². The van der Waals surface area contributed by atoms with Crippen LogP contribution in [0.3, 0.4) is 0 Å². The van der Waals surface area contributed by atoms with Crippen LogP contribution in [0.5, 0.6) is 0 Å². The van der Waals surface area contributed by atoms with Crippen molar-refractivity contribution in [3.8, 4) is 0 Å². The van der Waals surface area contributed by atoms with Gasteiger partial charge in [-0.2, -0.15) is 0 Å². The number of thiophene rings is 1. The van der Waals surface area contributed by atoms with E-state index in [0.29, 0.717) is 17.4 Å². The lowest BCUT2D eigenvalue weighted by Crippen LogP contribution is -2.18. The second-order valence-electron chi connectivity index (χ2n) is 7.10. The smallest absolute Gasteiger partial charge is 0.217 e. The average Bonchev–Trinajstić information content (AvgIpc) is 3.28. The molecule has 1 amide bonds. The zero-order valence-corrected chi connectivity index (χ0v) is 17.4. The Morgan fingerprint density at radius 1 is 1.36 bits per heavy atom. The first-order valence-electron chi connectivity index (χ1n) is 9.25. The van der Waals surface area contributed by atoms with Crippen molar-refractivity contribution in [2.45, 2.75) is 44.7 Å². The van der Waals surface area contributed by atoms with Crippen LogP contribution >= 0.6 is 23.1 Å². The highest BCUT2D eigenvalue weighted by Gasteiger charge is 2.23. The Morgan fingerprint density at radius 3 is 3.04 bits per heavy atom. The number of aromatic nitrogens is 2. The normalized spacial score (nSPS) is 16.1. The Labute approximate surface area is 171 Å². The Balaban J connectivity index is 1.48. The van der Waals surface area contributed by atoms with E-state index in [4.69, 9.17) is 4.42 Å². The van der Waals surface area contributed by atoms with Crippen molar-refractivity contribution < 1.29 is 14.0 Å². The third-order valence-corrected chi connectivity index (χ3v) is 7.00. The third-order valence-electron chi connectivity index (χ3n) is 4.84. The molecule has 0 radical (unpaired) electrons. The van der Waals surface area contributed by atoms with Gasteiger partial charge in [0.25, 0.3) is 0 Å². The van der Waals surface area contributed by atoms with Gasteiger partial charge in [-0.15, -0.1) is 11.3 Å². The molecule has 1 N–H and O–H groups in total. The van der Waals surface area contributed by atoms with E-state index in [2.05, 4.69) is 22.2 Å². The molecule has 0 bridgehead atoms. The van der Waals surface area contributed by atoms with Crippen LogP contribution in [0.2, 0.25) is 0 Å². The van der Waals surface area contributed by atoms with Crippen LogP contribution in [-0.2, 0) is 24.2 Å². The molecular formula is C20H21N3O3S2. The number of furan rings is 1. The maximum atomic E-state index is 12.5. The maximum absolute atomic E-state index is 12.5. The molecule has 0 aromatic carbocycles. The number of rotatable bonds is 6. The molecule has 0 fully saturated rings. The van der Waals surface area contributed by atoms with E-state index < -0.39 is 0 Å². The fourth-order valence-electron chi connectivity index (χ4n) is 3.39. The van der Waals surface area contributed by atoms with Crippen LogP contribution in [0.25, 0.3) is 10.2 Å². The summed E-state index contributed by atoms with van der Waals surface area (Å²) in [5, 5.41) is 4.65. The Morgan fingerprint density at radius 2 is 2.21 bits per heavy atom. The van der Waals surface area contributed by atoms with E-state index in [0.717, 1.165) is 28.1 Å². The van der Waals surface area contributed by atoms with Crippen LogP contribution in [0.1, 0.15) is 47.0 Å². The number of nitrogens with one attached hydrogen (secondary N) is 1. The molecule has 4 rings (SSSR count). The molecule has 1 aliphatic rings. The zero-order valence-electron chi connectivity index (χ0n) is 15.8. The number of carbonyl (C=O) groups excluding carboxylic acids is 2. The summed E-state index contributed by atoms with van der Waals surface area (Å²) in [4.78, 5) is 34.9. The van der Waals surface area contributed by atoms with Gasteiger partial charge in [0.1, 0.15) is 21.9 Å². The van der Waals surface area contributed by atoms with Gasteiger partial charge in [0.05, 0.1) is 12.3 Å². The standard InChI is InChI=1S/C20H21N3O3S2/c1-11-3-5-14-17(7-11)28-20-18(14)19(22-10-23-20)27-9-15(25)16-6-4-13(26-16)8-21-12(2)24/h4,6,10-11H,3,5,7-9H2,1-2H3,(H,21,24)/t11-/m1/s1. The molecule has 146 valence electrons. The van der Waals surface area contributed by atoms with Crippen LogP contribution in [0.15, 0.2) is 27.9 Å². The fraction of sp³-hybridized carbons (Fsp3) is 0.400. The number of Topliss-reactive ketones (excluding diaryl/α,β-unsaturated/α-hetero) is 1. The molecule has 0 spiro atoms. The Kier molecular flexibility index (Phi) is 5.50. The topological polar surface area (TPSA) is 85.1 Å². The van der Waals surface area contributed by atoms with Crippen LogP contribution in [0.4, 0.5) is 0 Å². The van der Waals surface area contributed by atoms with Crippen molar-refractivity contribution in [3.63, 3.8) is 0 Å². The van der Waals surface area contributed by atoms with Crippen molar-refractivity contribution in [2.75, 3.05) is 5.75 Å². The SMILES string of the molecule is CC(=O)NCc1ccc(C(=O)CSc2ncnc3sc4c(c23)CC[C@@H](C)C4)o1. The van der Waals surface area contributed by atoms with E-state index in [-0.39, 0.29) is 24.0 Å². The molecule has 0 unspecified atom stereocenters. The lowest BCUT2D eigenvalue weighted by Gasteiger charge is -2.18. The summed E-state index contributed by atoms with van der Waals surface area (Å²) < 4.78 is 5.55. The van der Waals surface area contributed by atoms with Gasteiger partial charge < -0.3 is 9.73 Å². The summed E-state index contributed by atoms with van der Waals surface area (Å²) in [5.41, 5.74) is 1.37. The van der Waals surface area contributed by atoms with Gasteiger partial charge in [0.2, 0.25) is 11.7 Å². The van der Waals surface area contributed by atoms with E-state index in [9.17, 15) is 9.59 Å². The minimum atomic E-state index is -0.138. The number of nitrogens with zero attached hydrogens (tertiary/aromatic N) is 2. The number of fused-ring (bicyclic) bond motifs is 3. The molecule has 0 saturated carbocycles. The largest absolute Gasteiger partial charge is 0.456 e. The number of carbonyl (C=O) groups is 2. The Bertz CT molecular complexity index is 1040. The van der Waals surface area contributed by atoms with Crippen molar-refractivity contribution >= 4 is 45.0 Å². The molecule has 28 heavy (non-hydrogen) atoms. The number of hydrogen-bond donors (Lipinski definition) is 1. The molecule has 1 atom stereocenters. The van der Waals surface area contributed by atoms with Gasteiger partial charge in [0, 0.05) is 17.2 Å². The van der Waals surface area contributed by atoms with E-state index >= 15 is 0 Å². The first-order valence-corrected chi connectivity index (χ1v) is 11.1. The number of ketones is 1. The summed E-state index contributed by atoms with van der Waals surface area (Å²) in [6.07, 6.45) is 4.91. The third kappa shape index (κ3) is 3.98. The molecule has 8 heteroatoms. The zero-order chi connectivity index (χ0) is 19.7. The lowest BCUT2D eigenvalue weighted by atomic mass is 9.89. The van der Waals surface area contributed by atoms with E-state index in [1.54, 1.807) is 29.8 Å². The fourth-order valence-corrected chi connectivity index (χ4v) is 5.71. The molecule has 0 aliphatic heterocycles. The summed E-state index contributed by atoms with van der Waals surface area (Å²) in [7, 11) is 0. The first-order chi connectivity index (χ1) is 13.5. The number of thioether (sulfide) groups is 1. The molecule has 1 aliphatic carbocycles. The number of hydrogen-bond acceptors (Lipinski definition) is 7. The summed E-state index contributed by atoms with van der Waals surface area (Å²) in [6.45, 7) is 4.01. The van der Waals surface area contributed by atoms with Crippen LogP contribution in [-0.4, -0.2) is 27.4 Å². The minimum Gasteiger partial charge on any atom is -0.456 e. The maximum Gasteiger partial charge on any atom is 0.217 e. The Hall–Kier alpha value is -2.19. The number of aryl methyl sites for hydroxylation is 1. The van der Waals surface area contributed by atoms with Crippen molar-refractivity contribution in [1.82, 2.24) is 15.3 Å². The highest BCUT2D eigenvalue weighted by molar-refractivity contribution is 8.00. The van der Waals surface area contributed by atoms with E-state index in [1.165, 1.54) is 35.5 Å². The highest BCUT2D eigenvalue weighted by atomic mass is 32.2. The lowest BCUT2D eigenvalue weighted by molar-refractivity contribution is -0.119. The predicted molar refractivity (Wildman–Crippen MR) is 110 cm³/mol. The molecule has 6 nitrogen and oxygen atoms in total. The molecule has 3 aromatic rings. The van der Waals surface area contributed by atoms with Gasteiger partial charge in [-0.1, -0.05) is 18.7 Å². The predicted octanol–water partition coefficient (Wildman–Crippen LogP) is 4.02. The quantitative estimate of drug-likeness (QED) is 0.372. The van der Waals surface area contributed by atoms with Gasteiger partial charge in [-0.25, -0.2) is 9.97 Å². The van der Waals surface area contributed by atoms with Gasteiger partial charge >= 0.3 is 0 Å². The summed E-state index contributed by atoms with van der Waals surface area (Å²) in [6, 6.07) is 3.37. The molecular weight excluding hydrogens is 394 g/mol. The second-order valence-corrected chi connectivity index (χ2v) is 9.15. The number of amides is 1. The first kappa shape index (κ1) is 19.1.